The number of aliphatic carboxylic acids is 1. The average Bonchev–Trinajstić information content (AvgIpc) is 2.98. The average molecular weight is 321 g/mol. The van der Waals surface area contributed by atoms with Crippen molar-refractivity contribution in [1.29, 1.82) is 0 Å². The van der Waals surface area contributed by atoms with Crippen LogP contribution < -0.4 is 0 Å². The molecule has 1 heterocycles. The van der Waals surface area contributed by atoms with Crippen molar-refractivity contribution in [2.24, 2.45) is 0 Å². The second kappa shape index (κ2) is 5.86. The summed E-state index contributed by atoms with van der Waals surface area (Å²) in [6.45, 7) is 0. The van der Waals surface area contributed by atoms with E-state index in [4.69, 9.17) is 10.2 Å². The van der Waals surface area contributed by atoms with Crippen LogP contribution in [0, 0.1) is 0 Å². The maximum atomic E-state index is 12.3. The molecule has 0 saturated heterocycles. The molecule has 114 valence electrons. The van der Waals surface area contributed by atoms with Gasteiger partial charge < -0.3 is 10.2 Å². The lowest BCUT2D eigenvalue weighted by Crippen LogP contribution is -2.11. The first-order valence-electron chi connectivity index (χ1n) is 5.99. The molecule has 0 spiro atoms. The first-order chi connectivity index (χ1) is 10.3. The van der Waals surface area contributed by atoms with Crippen LogP contribution in [0.1, 0.15) is 10.4 Å². The highest BCUT2D eigenvalue weighted by Gasteiger charge is 2.18. The maximum Gasteiger partial charge on any atom is 0.371 e. The van der Waals surface area contributed by atoms with Crippen LogP contribution in [0.3, 0.4) is 0 Å². The number of carboxylic acid groups (broad SMARTS) is 1. The van der Waals surface area contributed by atoms with Crippen LogP contribution in [-0.4, -0.2) is 34.4 Å². The van der Waals surface area contributed by atoms with E-state index in [0.29, 0.717) is 6.08 Å². The Morgan fingerprint density at radius 1 is 1.05 bits per heavy atom. The third-order valence-electron chi connectivity index (χ3n) is 2.76. The Morgan fingerprint density at radius 3 is 2.27 bits per heavy atom. The van der Waals surface area contributed by atoms with Gasteiger partial charge in [0, 0.05) is 24.0 Å². The Balaban J connectivity index is 2.35. The van der Waals surface area contributed by atoms with E-state index in [1.165, 1.54) is 24.4 Å². The van der Waals surface area contributed by atoms with Gasteiger partial charge in [-0.25, -0.2) is 17.2 Å². The monoisotopic (exact) mass is 321 g/mol. The first kappa shape index (κ1) is 15.5. The molecule has 22 heavy (non-hydrogen) atoms. The van der Waals surface area contributed by atoms with Gasteiger partial charge in [0.15, 0.2) is 5.78 Å². The van der Waals surface area contributed by atoms with Gasteiger partial charge in [-0.05, 0) is 18.2 Å². The summed E-state index contributed by atoms with van der Waals surface area (Å²) < 4.78 is 25.4. The van der Waals surface area contributed by atoms with Gasteiger partial charge in [-0.15, -0.1) is 0 Å². The van der Waals surface area contributed by atoms with Gasteiger partial charge in [0.25, 0.3) is 10.0 Å². The normalized spacial score (nSPS) is 12.1. The number of carbonyl (C=O) groups is 2. The van der Waals surface area contributed by atoms with Crippen molar-refractivity contribution in [2.45, 2.75) is 4.90 Å². The van der Waals surface area contributed by atoms with Crippen molar-refractivity contribution in [3.8, 4) is 0 Å². The number of hydrogen-bond acceptors (Lipinski definition) is 5. The van der Waals surface area contributed by atoms with E-state index in [-0.39, 0.29) is 10.5 Å². The van der Waals surface area contributed by atoms with E-state index in [1.807, 2.05) is 0 Å². The lowest BCUT2D eigenvalue weighted by Gasteiger charge is -2.04. The zero-order chi connectivity index (χ0) is 16.3. The molecule has 2 aromatic rings. The highest BCUT2D eigenvalue weighted by molar-refractivity contribution is 7.90. The van der Waals surface area contributed by atoms with Gasteiger partial charge in [-0.2, -0.15) is 0 Å². The molecule has 0 atom stereocenters. The predicted octanol–water partition coefficient (Wildman–Crippen LogP) is 1.43. The molecule has 7 nitrogen and oxygen atoms in total. The lowest BCUT2D eigenvalue weighted by atomic mass is 10.2. The van der Waals surface area contributed by atoms with Gasteiger partial charge in [0.1, 0.15) is 0 Å². The Hall–Kier alpha value is -2.87. The quantitative estimate of drug-likeness (QED) is 0.489. The zero-order valence-electron chi connectivity index (χ0n) is 11.1. The third-order valence-corrected chi connectivity index (χ3v) is 4.41. The Kier molecular flexibility index (Phi) is 4.13. The number of hydrogen-bond donors (Lipinski definition) is 2. The summed E-state index contributed by atoms with van der Waals surface area (Å²) >= 11 is 0. The van der Waals surface area contributed by atoms with E-state index < -0.39 is 27.5 Å². The van der Waals surface area contributed by atoms with E-state index in [9.17, 15) is 18.0 Å². The largest absolute Gasteiger partial charge is 0.502 e. The number of carbonyl (C=O) groups excluding carboxylic acids is 1. The molecule has 2 rings (SSSR count). The van der Waals surface area contributed by atoms with Crippen molar-refractivity contribution in [1.82, 2.24) is 3.97 Å². The molecule has 0 amide bonds. The number of aromatic nitrogens is 1. The maximum absolute atomic E-state index is 12.3. The fourth-order valence-corrected chi connectivity index (χ4v) is 2.87. The minimum Gasteiger partial charge on any atom is -0.502 e. The minimum atomic E-state index is -3.83. The molecule has 0 saturated carbocycles. The number of aliphatic hydroxyl groups excluding tert-OH is 1. The number of benzene rings is 1. The van der Waals surface area contributed by atoms with Crippen LogP contribution in [0.5, 0.6) is 0 Å². The van der Waals surface area contributed by atoms with Gasteiger partial charge in [0.2, 0.25) is 5.76 Å². The highest BCUT2D eigenvalue weighted by Crippen LogP contribution is 2.15. The summed E-state index contributed by atoms with van der Waals surface area (Å²) in [5.74, 6) is -3.59. The van der Waals surface area contributed by atoms with Crippen LogP contribution in [0.4, 0.5) is 0 Å². The molecule has 0 aliphatic heterocycles. The Morgan fingerprint density at radius 2 is 1.68 bits per heavy atom. The second-order valence-corrected chi connectivity index (χ2v) is 6.09. The van der Waals surface area contributed by atoms with Crippen LogP contribution >= 0.6 is 0 Å². The summed E-state index contributed by atoms with van der Waals surface area (Å²) in [4.78, 5) is 22.2. The summed E-state index contributed by atoms with van der Waals surface area (Å²) in [6.07, 6.45) is 2.73. The number of ketones is 1. The fourth-order valence-electron chi connectivity index (χ4n) is 1.66. The number of carboxylic acids is 1. The number of allylic oxidation sites excluding steroid dienone is 1. The van der Waals surface area contributed by atoms with E-state index >= 15 is 0 Å². The van der Waals surface area contributed by atoms with Crippen molar-refractivity contribution in [3.05, 3.63) is 66.2 Å². The Bertz CT molecular complexity index is 848. The molecule has 0 fully saturated rings. The number of nitrogens with zero attached hydrogens (tertiary/aromatic N) is 1. The fraction of sp³-hybridized carbons (Fsp3) is 0. The molecule has 8 heteroatoms. The molecular weight excluding hydrogens is 310 g/mol. The smallest absolute Gasteiger partial charge is 0.371 e. The number of aliphatic hydroxyl groups is 1. The molecular formula is C14H11NO6S. The summed E-state index contributed by atoms with van der Waals surface area (Å²) in [5.41, 5.74) is -0.0627. The lowest BCUT2D eigenvalue weighted by molar-refractivity contribution is -0.135. The SMILES string of the molecule is O=C(O)/C(O)=C/C(=O)c1ccn(S(=O)(=O)c2ccccc2)c1. The molecule has 1 aromatic heterocycles. The van der Waals surface area contributed by atoms with E-state index in [2.05, 4.69) is 0 Å². The molecule has 0 aliphatic rings. The molecule has 2 N–H and O–H groups in total. The standard InChI is InChI=1S/C14H11NO6S/c16-12(8-13(17)14(18)19)10-6-7-15(9-10)22(20,21)11-4-2-1-3-5-11/h1-9,17H,(H,18,19)/b13-8-. The highest BCUT2D eigenvalue weighted by atomic mass is 32.2. The van der Waals surface area contributed by atoms with Crippen LogP contribution in [-0.2, 0) is 14.8 Å². The molecule has 0 unspecified atom stereocenters. The molecule has 1 aromatic carbocycles. The van der Waals surface area contributed by atoms with Gasteiger partial charge in [-0.3, -0.25) is 4.79 Å². The number of rotatable bonds is 5. The van der Waals surface area contributed by atoms with Crippen molar-refractivity contribution < 1.29 is 28.2 Å². The van der Waals surface area contributed by atoms with Crippen molar-refractivity contribution in [2.75, 3.05) is 0 Å². The molecule has 0 aliphatic carbocycles. The first-order valence-corrected chi connectivity index (χ1v) is 7.43. The van der Waals surface area contributed by atoms with Crippen molar-refractivity contribution in [3.63, 3.8) is 0 Å². The second-order valence-electron chi connectivity index (χ2n) is 4.25. The van der Waals surface area contributed by atoms with Gasteiger partial charge in [-0.1, -0.05) is 18.2 Å². The summed E-state index contributed by atoms with van der Waals surface area (Å²) in [6, 6.07) is 8.84. The summed E-state index contributed by atoms with van der Waals surface area (Å²) in [5, 5.41) is 17.5. The third kappa shape index (κ3) is 3.07. The van der Waals surface area contributed by atoms with Crippen LogP contribution in [0.25, 0.3) is 0 Å². The van der Waals surface area contributed by atoms with Crippen LogP contribution in [0.15, 0.2) is 65.5 Å². The van der Waals surface area contributed by atoms with E-state index in [1.54, 1.807) is 18.2 Å². The summed E-state index contributed by atoms with van der Waals surface area (Å²) in [7, 11) is -3.83. The zero-order valence-corrected chi connectivity index (χ0v) is 11.9. The minimum absolute atomic E-state index is 0.0496. The predicted molar refractivity (Wildman–Crippen MR) is 76.1 cm³/mol. The van der Waals surface area contributed by atoms with E-state index in [0.717, 1.165) is 10.2 Å². The molecule has 0 radical (unpaired) electrons. The topological polar surface area (TPSA) is 114 Å². The van der Waals surface area contributed by atoms with Crippen LogP contribution in [0.2, 0.25) is 0 Å². The van der Waals surface area contributed by atoms with Gasteiger partial charge >= 0.3 is 5.97 Å². The Labute approximate surface area is 125 Å². The van der Waals surface area contributed by atoms with Gasteiger partial charge in [0.05, 0.1) is 4.90 Å². The van der Waals surface area contributed by atoms with Crippen molar-refractivity contribution >= 4 is 21.8 Å². The molecule has 0 bridgehead atoms.